The Balaban J connectivity index is 0.000000491. The number of aromatic hydroxyl groups is 4. The number of nitrogens with one attached hydrogen (secondary N) is 1. The van der Waals surface area contributed by atoms with Gasteiger partial charge in [-0.1, -0.05) is 90.7 Å². The van der Waals surface area contributed by atoms with E-state index in [4.69, 9.17) is 114 Å². The molecular formula is C95H125Cl7N2O19. The maximum atomic E-state index is 11.3. The number of hydrogen-bond acceptors (Lipinski definition) is 21. The van der Waals surface area contributed by atoms with Gasteiger partial charge in [0.05, 0.1) is 106 Å². The van der Waals surface area contributed by atoms with Crippen molar-refractivity contribution in [3.05, 3.63) is 262 Å². The van der Waals surface area contributed by atoms with Crippen LogP contribution in [0.4, 0.5) is 0 Å². The number of alkyl halides is 6. The topological polar surface area (TPSA) is 350 Å². The number of rotatable bonds is 40. The van der Waals surface area contributed by atoms with E-state index in [1.165, 1.54) is 27.0 Å². The lowest BCUT2D eigenvalue weighted by atomic mass is 9.98. The second-order valence-corrected chi connectivity index (χ2v) is 30.5. The lowest BCUT2D eigenvalue weighted by molar-refractivity contribution is 0.100. The zero-order valence-corrected chi connectivity index (χ0v) is 77.4. The number of hydrogen-bond donors (Lipinski definition) is 13. The largest absolute Gasteiger partial charge is 0.508 e. The average Bonchev–Trinajstić information content (AvgIpc) is 0.824. The first-order valence-corrected chi connectivity index (χ1v) is 43.2. The van der Waals surface area contributed by atoms with Crippen molar-refractivity contribution in [2.45, 2.75) is 164 Å². The third kappa shape index (κ3) is 38.5. The minimum atomic E-state index is -0.613. The fourth-order valence-corrected chi connectivity index (χ4v) is 14.4. The molecule has 0 amide bonds. The van der Waals surface area contributed by atoms with Gasteiger partial charge in [-0.25, -0.2) is 0 Å². The number of unbranched alkanes of at least 4 members (excludes halogenated alkanes) is 2. The molecule has 0 spiro atoms. The molecule has 0 saturated heterocycles. The van der Waals surface area contributed by atoms with Gasteiger partial charge >= 0.3 is 0 Å². The molecule has 9 aromatic carbocycles. The second kappa shape index (κ2) is 63.1. The molecule has 1 unspecified atom stereocenters. The third-order valence-corrected chi connectivity index (χ3v) is 20.2. The van der Waals surface area contributed by atoms with Gasteiger partial charge in [0.25, 0.3) is 0 Å². The van der Waals surface area contributed by atoms with E-state index in [9.17, 15) is 55.5 Å². The molecule has 0 aliphatic heterocycles. The quantitative estimate of drug-likeness (QED) is 0.00964. The fraction of sp³-hybridized carbons (Fsp3) is 0.411. The molecule has 0 aromatic heterocycles. The zero-order chi connectivity index (χ0) is 90.6. The van der Waals surface area contributed by atoms with Crippen LogP contribution < -0.4 is 34.7 Å². The first-order chi connectivity index (χ1) is 58.7. The Labute approximate surface area is 761 Å². The molecule has 14 N–H and O–H groups in total. The number of halogens is 7. The molecule has 1 atom stereocenters. The van der Waals surface area contributed by atoms with E-state index in [2.05, 4.69) is 5.32 Å². The van der Waals surface area contributed by atoms with Crippen LogP contribution in [0.3, 0.4) is 0 Å². The summed E-state index contributed by atoms with van der Waals surface area (Å²) in [6.07, 6.45) is 8.73. The number of carbonyl (C=O) groups excluding carboxylic acids is 2. The number of aliphatic hydroxyl groups is 7. The van der Waals surface area contributed by atoms with Gasteiger partial charge in [0, 0.05) is 91.8 Å². The van der Waals surface area contributed by atoms with E-state index in [1.54, 1.807) is 64.8 Å². The first kappa shape index (κ1) is 111. The summed E-state index contributed by atoms with van der Waals surface area (Å²) in [5.74, 6) is 6.81. The number of methoxy groups -OCH3 is 5. The number of aliphatic hydroxyl groups excluding tert-OH is 7. The van der Waals surface area contributed by atoms with E-state index in [1.807, 2.05) is 118 Å². The van der Waals surface area contributed by atoms with Crippen molar-refractivity contribution in [1.82, 2.24) is 5.32 Å². The molecule has 9 aromatic rings. The fourth-order valence-electron chi connectivity index (χ4n) is 13.1. The number of benzene rings is 9. The monoisotopic (exact) mass is 1840 g/mol. The lowest BCUT2D eigenvalue weighted by Gasteiger charge is -2.16. The molecule has 0 saturated carbocycles. The summed E-state index contributed by atoms with van der Waals surface area (Å²) in [5.41, 5.74) is 24.1. The van der Waals surface area contributed by atoms with Gasteiger partial charge in [-0.15, -0.1) is 82.0 Å². The van der Waals surface area contributed by atoms with Crippen LogP contribution in [0.5, 0.6) is 51.7 Å². The van der Waals surface area contributed by atoms with Crippen molar-refractivity contribution in [3.8, 4) is 51.7 Å². The van der Waals surface area contributed by atoms with Crippen LogP contribution in [0.2, 0.25) is 0 Å². The Kier molecular flexibility index (Phi) is 57.1. The van der Waals surface area contributed by atoms with E-state index < -0.39 is 6.10 Å². The SMILES string of the molecule is CC(=O)c1cc(CCCl)ccc1O.CNCCc1cc(CO)c(OC)c(CO)c1.COc1c(CO)cc(C)cc1COCc1cc(C)cc(CO)c1OC.COc1c(CO)cc(CCCl)cc1CO.COc1ccc(CCCl)cc1C(C)=O.Cl.NCCCCCC(O)c1cc(CCCl)ccc1O.Oc1ccc(CCCl)cc1Cc1cc(CCCl)ccc1O. The number of nitrogens with two attached hydrogens (primary N) is 1. The minimum Gasteiger partial charge on any atom is -0.508 e. The van der Waals surface area contributed by atoms with Gasteiger partial charge in [-0.05, 0) is 228 Å². The highest BCUT2D eigenvalue weighted by molar-refractivity contribution is 6.19. The number of carbonyl (C=O) groups is 2. The number of ketones is 2. The van der Waals surface area contributed by atoms with E-state index >= 15 is 0 Å². The molecule has 9 rings (SSSR count). The van der Waals surface area contributed by atoms with Gasteiger partial charge in [0.1, 0.15) is 51.7 Å². The minimum absolute atomic E-state index is 0. The lowest BCUT2D eigenvalue weighted by Crippen LogP contribution is -2.11. The number of ether oxygens (including phenoxy) is 6. The molecule has 0 radical (unpaired) electrons. The van der Waals surface area contributed by atoms with E-state index in [0.717, 1.165) is 152 Å². The highest BCUT2D eigenvalue weighted by Crippen LogP contribution is 2.35. The predicted molar refractivity (Wildman–Crippen MR) is 498 cm³/mol. The molecular weight excluding hydrogens is 1720 g/mol. The average molecular weight is 1850 g/mol. The van der Waals surface area contributed by atoms with Crippen LogP contribution in [0.25, 0.3) is 0 Å². The standard InChI is InChI=1S/C20H26O5.C17H18Cl2O2.C14H22ClNO2.C12H19NO3.C11H15ClO3.C11H13ClO2.C10H11ClO2.ClH/c1-13-5-15(9-21)19(23-3)17(7-13)11-25-12-18-8-14(2)6-16(10-22)20(18)24-4;18-7-5-12-1-3-16(20)14(9-12)11-15-10-13(6-8-19)2-4-17(15)21;15-8-7-11-5-6-14(18)12(10-11)13(17)4-2-1-3-9-16;1-13-4-3-9-5-10(7-14)12(16-2)11(6-9)8-15;1-15-11-9(6-13)4-8(2-3-12)5-10(11)7-14;1-8(13)10-7-9(5-6-12)3-4-11(10)14-2;1-7(12)9-6-8(4-5-11)2-3-10(9)13;/h5-8,21-22H,9-12H2,1-4H3;1-4,9-10,20-21H,5-8,11H2;5-6,10,13,17-18H,1-4,7-9,16H2;5-6,13-15H,3-4,7-8H2,1-2H3;4-5,13-14H,2-3,6-7H2,1H3;3-4,7H,5-6H2,1-2H3;2-3,6,13H,4-5H2,1H3;1H. The van der Waals surface area contributed by atoms with E-state index in [0.29, 0.717) is 137 Å². The molecule has 0 aliphatic carbocycles. The molecule has 21 nitrogen and oxygen atoms in total. The van der Waals surface area contributed by atoms with Crippen LogP contribution in [0.15, 0.2) is 140 Å². The van der Waals surface area contributed by atoms with Crippen LogP contribution >= 0.6 is 82.0 Å². The molecule has 678 valence electrons. The van der Waals surface area contributed by atoms with Crippen LogP contribution in [0.1, 0.15) is 178 Å². The Morgan fingerprint density at radius 2 is 0.699 bits per heavy atom. The maximum absolute atomic E-state index is 11.3. The van der Waals surface area contributed by atoms with E-state index in [-0.39, 0.29) is 86.6 Å². The first-order valence-electron chi connectivity index (χ1n) is 40.0. The molecule has 28 heteroatoms. The number of aryl methyl sites for hydroxylation is 8. The van der Waals surface area contributed by atoms with Crippen molar-refractivity contribution < 1.29 is 94.2 Å². The normalized spacial score (nSPS) is 10.7. The number of Topliss-reactive ketones (excluding diaryl/α,β-unsaturated/α-hetero) is 2. The van der Waals surface area contributed by atoms with Gasteiger partial charge in [0.2, 0.25) is 0 Å². The molecule has 0 heterocycles. The van der Waals surface area contributed by atoms with Crippen molar-refractivity contribution in [2.24, 2.45) is 5.73 Å². The Morgan fingerprint density at radius 3 is 1.06 bits per heavy atom. The summed E-state index contributed by atoms with van der Waals surface area (Å²) in [4.78, 5) is 22.3. The summed E-state index contributed by atoms with van der Waals surface area (Å²) in [7, 11) is 9.69. The Morgan fingerprint density at radius 1 is 0.382 bits per heavy atom. The van der Waals surface area contributed by atoms with Gasteiger partial charge in [-0.3, -0.25) is 9.59 Å². The molecule has 123 heavy (non-hydrogen) atoms. The highest BCUT2D eigenvalue weighted by Gasteiger charge is 2.19. The van der Waals surface area contributed by atoms with Crippen molar-refractivity contribution >= 4 is 93.6 Å². The molecule has 0 aliphatic rings. The van der Waals surface area contributed by atoms with Gasteiger partial charge in [0.15, 0.2) is 11.6 Å². The smallest absolute Gasteiger partial charge is 0.163 e. The zero-order valence-electron chi connectivity index (χ0n) is 72.1. The van der Waals surface area contributed by atoms with Crippen molar-refractivity contribution in [1.29, 1.82) is 0 Å². The summed E-state index contributed by atoms with van der Waals surface area (Å²) in [5, 5.41) is 108. The number of phenols is 4. The van der Waals surface area contributed by atoms with Crippen LogP contribution in [-0.2, 0) is 109 Å². The summed E-state index contributed by atoms with van der Waals surface area (Å²) >= 11 is 34.0. The maximum Gasteiger partial charge on any atom is 0.163 e. The Bertz CT molecular complexity index is 4430. The second-order valence-electron chi connectivity index (χ2n) is 28.2. The number of phenolic OH excluding ortho intramolecular Hbond substituents is 4. The van der Waals surface area contributed by atoms with Crippen LogP contribution in [0, 0.1) is 13.8 Å². The van der Waals surface area contributed by atoms with Crippen LogP contribution in [-0.4, -0.2) is 159 Å². The third-order valence-electron chi connectivity index (χ3n) is 19.1. The molecule has 0 fully saturated rings. The molecule has 0 bridgehead atoms. The van der Waals surface area contributed by atoms with Crippen molar-refractivity contribution in [3.63, 3.8) is 0 Å². The summed E-state index contributed by atoms with van der Waals surface area (Å²) in [6, 6.07) is 42.1. The predicted octanol–water partition coefficient (Wildman–Crippen LogP) is 17.4. The Hall–Kier alpha value is -7.85. The van der Waals surface area contributed by atoms with Gasteiger partial charge in [-0.2, -0.15) is 0 Å². The summed E-state index contributed by atoms with van der Waals surface area (Å²) in [6.45, 7) is 8.63. The number of likely N-dealkylation sites (N-methyl/N-ethyl adjacent to an activating group) is 1. The highest BCUT2D eigenvalue weighted by atomic mass is 35.5. The van der Waals surface area contributed by atoms with Crippen molar-refractivity contribution in [2.75, 3.05) is 91.0 Å². The summed E-state index contributed by atoms with van der Waals surface area (Å²) < 4.78 is 32.1. The van der Waals surface area contributed by atoms with Gasteiger partial charge < -0.3 is 95.6 Å².